The zero-order chi connectivity index (χ0) is 17.2. The Labute approximate surface area is 159 Å². The number of carbonyl (C=O) groups is 1. The highest BCUT2D eigenvalue weighted by molar-refractivity contribution is 5.98. The second-order valence-corrected chi connectivity index (χ2v) is 6.61. The fourth-order valence-electron chi connectivity index (χ4n) is 3.47. The highest BCUT2D eigenvalue weighted by Crippen LogP contribution is 2.26. The predicted octanol–water partition coefficient (Wildman–Crippen LogP) is 4.12. The van der Waals surface area contributed by atoms with Crippen molar-refractivity contribution < 1.29 is 9.21 Å². The summed E-state index contributed by atoms with van der Waals surface area (Å²) in [6, 6.07) is 18.3. The van der Waals surface area contributed by atoms with Gasteiger partial charge in [0.25, 0.3) is 5.91 Å². The molecule has 3 aromatic rings. The maximum Gasteiger partial charge on any atom is 0.289 e. The summed E-state index contributed by atoms with van der Waals surface area (Å²) in [5, 5.41) is 1.02. The topological polar surface area (TPSA) is 36.7 Å². The van der Waals surface area contributed by atoms with Gasteiger partial charge in [-0.25, -0.2) is 0 Å². The van der Waals surface area contributed by atoms with Crippen LogP contribution in [-0.2, 0) is 6.54 Å². The van der Waals surface area contributed by atoms with Crippen LogP contribution in [0.2, 0.25) is 0 Å². The summed E-state index contributed by atoms with van der Waals surface area (Å²) in [6.45, 7) is 6.15. The molecule has 1 aliphatic heterocycles. The standard InChI is InChI=1S/C21H22N2O2.ClH/c1-16-18-9-5-6-10-19(18)25-20(16)21(24)23-13-11-22(12-14-23)15-17-7-3-2-4-8-17;/h2-10H,11-15H2,1H3;1H. The molecule has 26 heavy (non-hydrogen) atoms. The highest BCUT2D eigenvalue weighted by atomic mass is 35.5. The van der Waals surface area contributed by atoms with Gasteiger partial charge in [0.2, 0.25) is 0 Å². The molecule has 0 N–H and O–H groups in total. The van der Waals surface area contributed by atoms with Crippen molar-refractivity contribution in [3.05, 3.63) is 71.5 Å². The lowest BCUT2D eigenvalue weighted by Crippen LogP contribution is -2.48. The number of rotatable bonds is 3. The van der Waals surface area contributed by atoms with Crippen molar-refractivity contribution in [2.24, 2.45) is 0 Å². The van der Waals surface area contributed by atoms with Crippen LogP contribution in [0.4, 0.5) is 0 Å². The van der Waals surface area contributed by atoms with E-state index in [1.54, 1.807) is 0 Å². The Hall–Kier alpha value is -2.30. The molecule has 2 aromatic carbocycles. The molecule has 2 heterocycles. The van der Waals surface area contributed by atoms with E-state index < -0.39 is 0 Å². The third-order valence-corrected chi connectivity index (χ3v) is 4.95. The van der Waals surface area contributed by atoms with Crippen LogP contribution in [-0.4, -0.2) is 41.9 Å². The molecule has 0 radical (unpaired) electrons. The highest BCUT2D eigenvalue weighted by Gasteiger charge is 2.26. The smallest absolute Gasteiger partial charge is 0.289 e. The van der Waals surface area contributed by atoms with Gasteiger partial charge in [-0.2, -0.15) is 0 Å². The van der Waals surface area contributed by atoms with Gasteiger partial charge in [-0.15, -0.1) is 12.4 Å². The lowest BCUT2D eigenvalue weighted by atomic mass is 10.1. The van der Waals surface area contributed by atoms with Crippen LogP contribution in [0.5, 0.6) is 0 Å². The van der Waals surface area contributed by atoms with Gasteiger partial charge in [-0.3, -0.25) is 9.69 Å². The van der Waals surface area contributed by atoms with Gasteiger partial charge in [-0.1, -0.05) is 48.5 Å². The fraction of sp³-hybridized carbons (Fsp3) is 0.286. The quantitative estimate of drug-likeness (QED) is 0.695. The molecule has 0 spiro atoms. The summed E-state index contributed by atoms with van der Waals surface area (Å²) >= 11 is 0. The summed E-state index contributed by atoms with van der Waals surface area (Å²) in [5.41, 5.74) is 3.04. The molecule has 1 aliphatic rings. The first-order chi connectivity index (χ1) is 12.2. The summed E-state index contributed by atoms with van der Waals surface area (Å²) in [5.74, 6) is 0.491. The zero-order valence-corrected chi connectivity index (χ0v) is 15.7. The lowest BCUT2D eigenvalue weighted by Gasteiger charge is -2.34. The average Bonchev–Trinajstić information content (AvgIpc) is 3.00. The molecule has 1 aromatic heterocycles. The number of hydrogen-bond donors (Lipinski definition) is 0. The van der Waals surface area contributed by atoms with E-state index in [1.807, 2.05) is 42.2 Å². The normalized spacial score (nSPS) is 15.0. The third-order valence-electron chi connectivity index (χ3n) is 4.95. The van der Waals surface area contributed by atoms with Crippen molar-refractivity contribution in [3.63, 3.8) is 0 Å². The second-order valence-electron chi connectivity index (χ2n) is 6.61. The fourth-order valence-corrected chi connectivity index (χ4v) is 3.47. The van der Waals surface area contributed by atoms with Crippen molar-refractivity contribution >= 4 is 29.3 Å². The monoisotopic (exact) mass is 370 g/mol. The summed E-state index contributed by atoms with van der Waals surface area (Å²) in [6.07, 6.45) is 0. The molecule has 1 saturated heterocycles. The first-order valence-electron chi connectivity index (χ1n) is 8.76. The number of carbonyl (C=O) groups excluding carboxylic acids is 1. The maximum atomic E-state index is 12.9. The summed E-state index contributed by atoms with van der Waals surface area (Å²) in [4.78, 5) is 17.2. The van der Waals surface area contributed by atoms with Crippen molar-refractivity contribution in [1.82, 2.24) is 9.80 Å². The zero-order valence-electron chi connectivity index (χ0n) is 14.9. The Morgan fingerprint density at radius 3 is 2.31 bits per heavy atom. The average molecular weight is 371 g/mol. The lowest BCUT2D eigenvalue weighted by molar-refractivity contribution is 0.0599. The number of para-hydroxylation sites is 1. The second kappa shape index (κ2) is 7.94. The number of nitrogens with zero attached hydrogens (tertiary/aromatic N) is 2. The number of benzene rings is 2. The Kier molecular flexibility index (Phi) is 5.64. The number of furan rings is 1. The first-order valence-corrected chi connectivity index (χ1v) is 8.76. The number of piperazine rings is 1. The molecule has 0 bridgehead atoms. The van der Waals surface area contributed by atoms with Gasteiger partial charge in [0, 0.05) is 43.7 Å². The Bertz CT molecular complexity index is 883. The van der Waals surface area contributed by atoms with Crippen LogP contribution in [0.15, 0.2) is 59.0 Å². The number of halogens is 1. The van der Waals surface area contributed by atoms with Crippen LogP contribution in [0.3, 0.4) is 0 Å². The third kappa shape index (κ3) is 3.62. The van der Waals surface area contributed by atoms with E-state index >= 15 is 0 Å². The van der Waals surface area contributed by atoms with E-state index in [-0.39, 0.29) is 18.3 Å². The minimum absolute atomic E-state index is 0. The number of amides is 1. The van der Waals surface area contributed by atoms with Crippen LogP contribution in [0.1, 0.15) is 21.7 Å². The minimum atomic E-state index is 0. The molecule has 0 unspecified atom stereocenters. The predicted molar refractivity (Wildman–Crippen MR) is 106 cm³/mol. The van der Waals surface area contributed by atoms with Crippen LogP contribution in [0.25, 0.3) is 11.0 Å². The Morgan fingerprint density at radius 2 is 1.62 bits per heavy atom. The molecular weight excluding hydrogens is 348 g/mol. The van der Waals surface area contributed by atoms with E-state index in [2.05, 4.69) is 29.2 Å². The molecule has 5 heteroatoms. The molecule has 4 rings (SSSR count). The van der Waals surface area contributed by atoms with Crippen molar-refractivity contribution in [3.8, 4) is 0 Å². The molecule has 136 valence electrons. The molecule has 0 saturated carbocycles. The summed E-state index contributed by atoms with van der Waals surface area (Å²) in [7, 11) is 0. The first kappa shape index (κ1) is 18.5. The van der Waals surface area contributed by atoms with Crippen molar-refractivity contribution in [1.29, 1.82) is 0 Å². The SMILES string of the molecule is Cc1c(C(=O)N2CCN(Cc3ccccc3)CC2)oc2ccccc12.Cl. The molecule has 1 amide bonds. The van der Waals surface area contributed by atoms with Crippen LogP contribution in [0, 0.1) is 6.92 Å². The molecule has 0 atom stereocenters. The van der Waals surface area contributed by atoms with E-state index in [9.17, 15) is 4.79 Å². The van der Waals surface area contributed by atoms with Crippen molar-refractivity contribution in [2.75, 3.05) is 26.2 Å². The number of hydrogen-bond acceptors (Lipinski definition) is 3. The maximum absolute atomic E-state index is 12.9. The van der Waals surface area contributed by atoms with E-state index in [4.69, 9.17) is 4.42 Å². The minimum Gasteiger partial charge on any atom is -0.451 e. The van der Waals surface area contributed by atoms with Gasteiger partial charge in [0.15, 0.2) is 5.76 Å². The van der Waals surface area contributed by atoms with Gasteiger partial charge in [0.1, 0.15) is 5.58 Å². The van der Waals surface area contributed by atoms with Gasteiger partial charge >= 0.3 is 0 Å². The van der Waals surface area contributed by atoms with Crippen LogP contribution < -0.4 is 0 Å². The van der Waals surface area contributed by atoms with E-state index in [0.717, 1.165) is 49.3 Å². The molecule has 0 aliphatic carbocycles. The largest absolute Gasteiger partial charge is 0.451 e. The van der Waals surface area contributed by atoms with Gasteiger partial charge < -0.3 is 9.32 Å². The Balaban J connectivity index is 0.00000196. The van der Waals surface area contributed by atoms with E-state index in [0.29, 0.717) is 5.76 Å². The van der Waals surface area contributed by atoms with Crippen LogP contribution >= 0.6 is 12.4 Å². The summed E-state index contributed by atoms with van der Waals surface area (Å²) < 4.78 is 5.83. The van der Waals surface area contributed by atoms with E-state index in [1.165, 1.54) is 5.56 Å². The molecule has 4 nitrogen and oxygen atoms in total. The Morgan fingerprint density at radius 1 is 0.962 bits per heavy atom. The number of aryl methyl sites for hydroxylation is 1. The van der Waals surface area contributed by atoms with Crippen molar-refractivity contribution in [2.45, 2.75) is 13.5 Å². The molecule has 1 fully saturated rings. The molecular formula is C21H23ClN2O2. The van der Waals surface area contributed by atoms with Gasteiger partial charge in [-0.05, 0) is 18.6 Å². The number of fused-ring (bicyclic) bond motifs is 1. The van der Waals surface area contributed by atoms with Gasteiger partial charge in [0.05, 0.1) is 0 Å².